The van der Waals surface area contributed by atoms with Gasteiger partial charge in [0, 0.05) is 24.6 Å². The Bertz CT molecular complexity index is 516. The van der Waals surface area contributed by atoms with E-state index in [9.17, 15) is 19.8 Å². The molecule has 0 bridgehead atoms. The van der Waals surface area contributed by atoms with Crippen molar-refractivity contribution in [1.82, 2.24) is 5.32 Å². The quantitative estimate of drug-likeness (QED) is 0.614. The van der Waals surface area contributed by atoms with Crippen LogP contribution in [0.2, 0.25) is 0 Å². The van der Waals surface area contributed by atoms with E-state index in [-0.39, 0.29) is 35.1 Å². The Morgan fingerprint density at radius 3 is 2.48 bits per heavy atom. The van der Waals surface area contributed by atoms with Crippen LogP contribution >= 0.6 is 0 Å². The van der Waals surface area contributed by atoms with Gasteiger partial charge >= 0.3 is 0 Å². The van der Waals surface area contributed by atoms with Crippen LogP contribution in [0.25, 0.3) is 0 Å². The van der Waals surface area contributed by atoms with Crippen LogP contribution in [-0.4, -0.2) is 49.3 Å². The van der Waals surface area contributed by atoms with Gasteiger partial charge < -0.3 is 25.0 Å². The van der Waals surface area contributed by atoms with Gasteiger partial charge in [-0.1, -0.05) is 0 Å². The second-order valence-corrected chi connectivity index (χ2v) is 4.41. The molecule has 2 atom stereocenters. The summed E-state index contributed by atoms with van der Waals surface area (Å²) in [5.41, 5.74) is 0.477. The highest BCUT2D eigenvalue weighted by atomic mass is 16.5. The number of rotatable bonds is 7. The van der Waals surface area contributed by atoms with Crippen LogP contribution in [0.15, 0.2) is 12.1 Å². The first-order valence-electron chi connectivity index (χ1n) is 6.26. The molecular formula is C14H19NO6. The van der Waals surface area contributed by atoms with Crippen molar-refractivity contribution in [2.45, 2.75) is 19.1 Å². The molecule has 0 saturated heterocycles. The minimum atomic E-state index is -1.35. The molecule has 0 heterocycles. The summed E-state index contributed by atoms with van der Waals surface area (Å²) in [6.07, 6.45) is -2.01. The number of nitrogens with one attached hydrogen (secondary N) is 1. The maximum Gasteiger partial charge on any atom is 0.216 e. The largest absolute Gasteiger partial charge is 0.493 e. The number of carbonyl (C=O) groups is 2. The van der Waals surface area contributed by atoms with Crippen LogP contribution in [0.3, 0.4) is 0 Å². The highest BCUT2D eigenvalue weighted by Gasteiger charge is 2.25. The third-order valence-electron chi connectivity index (χ3n) is 2.91. The second kappa shape index (κ2) is 7.61. The fourth-order valence-corrected chi connectivity index (χ4v) is 1.87. The predicted octanol–water partition coefficient (Wildman–Crippen LogP) is 0.0467. The zero-order valence-electron chi connectivity index (χ0n) is 12.1. The monoisotopic (exact) mass is 297 g/mol. The van der Waals surface area contributed by atoms with Crippen molar-refractivity contribution < 1.29 is 29.3 Å². The van der Waals surface area contributed by atoms with E-state index in [0.29, 0.717) is 6.29 Å². The van der Waals surface area contributed by atoms with Crippen LogP contribution < -0.4 is 14.8 Å². The van der Waals surface area contributed by atoms with E-state index in [1.54, 1.807) is 0 Å². The van der Waals surface area contributed by atoms with Gasteiger partial charge in [0.1, 0.15) is 18.5 Å². The second-order valence-electron chi connectivity index (χ2n) is 4.41. The smallest absolute Gasteiger partial charge is 0.216 e. The Kier molecular flexibility index (Phi) is 6.13. The topological polar surface area (TPSA) is 105 Å². The highest BCUT2D eigenvalue weighted by molar-refractivity contribution is 5.77. The van der Waals surface area contributed by atoms with Gasteiger partial charge in [0.15, 0.2) is 11.5 Å². The van der Waals surface area contributed by atoms with Crippen molar-refractivity contribution in [1.29, 1.82) is 0 Å². The van der Waals surface area contributed by atoms with Gasteiger partial charge in [0.05, 0.1) is 14.2 Å². The molecule has 3 N–H and O–H groups in total. The first-order valence-corrected chi connectivity index (χ1v) is 6.26. The van der Waals surface area contributed by atoms with Crippen molar-refractivity contribution in [2.24, 2.45) is 0 Å². The van der Waals surface area contributed by atoms with E-state index in [1.165, 1.54) is 33.3 Å². The molecule has 7 heteroatoms. The number of hydrogen-bond donors (Lipinski definition) is 3. The first kappa shape index (κ1) is 16.9. The third-order valence-corrected chi connectivity index (χ3v) is 2.91. The molecule has 7 nitrogen and oxygen atoms in total. The summed E-state index contributed by atoms with van der Waals surface area (Å²) < 4.78 is 10.3. The summed E-state index contributed by atoms with van der Waals surface area (Å²) in [4.78, 5) is 21.8. The summed E-state index contributed by atoms with van der Waals surface area (Å²) in [6.45, 7) is 1.17. The maximum atomic E-state index is 10.9. The van der Waals surface area contributed by atoms with Crippen LogP contribution in [0.1, 0.15) is 28.9 Å². The fourth-order valence-electron chi connectivity index (χ4n) is 1.87. The molecule has 0 aliphatic rings. The van der Waals surface area contributed by atoms with Crippen LogP contribution in [0.5, 0.6) is 11.5 Å². The number of carbonyl (C=O) groups excluding carboxylic acids is 2. The molecule has 1 aromatic rings. The molecule has 2 unspecified atom stereocenters. The van der Waals surface area contributed by atoms with Crippen LogP contribution in [0.4, 0.5) is 0 Å². The Balaban J connectivity index is 3.13. The van der Waals surface area contributed by atoms with Gasteiger partial charge in [-0.2, -0.15) is 0 Å². The van der Waals surface area contributed by atoms with Gasteiger partial charge in [0.2, 0.25) is 5.91 Å². The lowest BCUT2D eigenvalue weighted by Gasteiger charge is -2.22. The first-order chi connectivity index (χ1) is 9.94. The molecule has 0 aromatic heterocycles. The van der Waals surface area contributed by atoms with E-state index in [4.69, 9.17) is 9.47 Å². The van der Waals surface area contributed by atoms with E-state index in [2.05, 4.69) is 5.32 Å². The Hall–Kier alpha value is -2.12. The summed E-state index contributed by atoms with van der Waals surface area (Å²) in [6, 6.07) is 2.86. The number of benzene rings is 1. The SMILES string of the molecule is COc1cc(C=O)cc(C(O)C(O)CNC(C)=O)c1OC. The zero-order valence-corrected chi connectivity index (χ0v) is 12.1. The lowest BCUT2D eigenvalue weighted by atomic mass is 10.00. The average Bonchev–Trinajstić information content (AvgIpc) is 2.49. The Morgan fingerprint density at radius 2 is 2.00 bits per heavy atom. The molecule has 0 aliphatic heterocycles. The zero-order chi connectivity index (χ0) is 16.0. The maximum absolute atomic E-state index is 10.9. The lowest BCUT2D eigenvalue weighted by molar-refractivity contribution is -0.119. The van der Waals surface area contributed by atoms with Crippen LogP contribution in [-0.2, 0) is 4.79 Å². The molecule has 21 heavy (non-hydrogen) atoms. The normalized spacial score (nSPS) is 13.2. The Labute approximate surface area is 122 Å². The van der Waals surface area contributed by atoms with E-state index in [1.807, 2.05) is 0 Å². The van der Waals surface area contributed by atoms with Crippen LogP contribution in [0, 0.1) is 0 Å². The molecule has 1 rings (SSSR count). The van der Waals surface area contributed by atoms with Crippen molar-refractivity contribution in [3.8, 4) is 11.5 Å². The van der Waals surface area contributed by atoms with Gasteiger partial charge in [-0.3, -0.25) is 9.59 Å². The molecule has 0 fully saturated rings. The van der Waals surface area contributed by atoms with Crippen molar-refractivity contribution in [3.63, 3.8) is 0 Å². The fraction of sp³-hybridized carbons (Fsp3) is 0.429. The third kappa shape index (κ3) is 4.17. The molecule has 0 spiro atoms. The number of methoxy groups -OCH3 is 2. The number of aliphatic hydroxyl groups is 2. The summed E-state index contributed by atoms with van der Waals surface area (Å²) in [5.74, 6) is 0.160. The molecule has 0 saturated carbocycles. The van der Waals surface area contributed by atoms with Crippen molar-refractivity contribution >= 4 is 12.2 Å². The number of amides is 1. The molecular weight excluding hydrogens is 278 g/mol. The minimum absolute atomic E-state index is 0.132. The summed E-state index contributed by atoms with van der Waals surface area (Å²) >= 11 is 0. The van der Waals surface area contributed by atoms with Gasteiger partial charge in [-0.05, 0) is 12.1 Å². The van der Waals surface area contributed by atoms with E-state index < -0.39 is 12.2 Å². The molecule has 116 valence electrons. The van der Waals surface area contributed by atoms with E-state index in [0.717, 1.165) is 0 Å². The number of aliphatic hydroxyl groups excluding tert-OH is 2. The average molecular weight is 297 g/mol. The standard InChI is InChI=1S/C14H19NO6/c1-8(17)15-6-11(18)13(19)10-4-9(7-16)5-12(20-2)14(10)21-3/h4-5,7,11,13,18-19H,6H2,1-3H3,(H,15,17). The van der Waals surface area contributed by atoms with Crippen molar-refractivity contribution in [3.05, 3.63) is 23.3 Å². The summed E-state index contributed by atoms with van der Waals surface area (Å²) in [7, 11) is 2.78. The number of aldehydes is 1. The predicted molar refractivity (Wildman–Crippen MR) is 74.6 cm³/mol. The molecule has 1 amide bonds. The molecule has 1 aromatic carbocycles. The minimum Gasteiger partial charge on any atom is -0.493 e. The van der Waals surface area contributed by atoms with Crippen molar-refractivity contribution in [2.75, 3.05) is 20.8 Å². The Morgan fingerprint density at radius 1 is 1.33 bits per heavy atom. The number of ether oxygens (including phenoxy) is 2. The highest BCUT2D eigenvalue weighted by Crippen LogP contribution is 2.36. The van der Waals surface area contributed by atoms with Gasteiger partial charge in [0.25, 0.3) is 0 Å². The van der Waals surface area contributed by atoms with Gasteiger partial charge in [-0.25, -0.2) is 0 Å². The van der Waals surface area contributed by atoms with Gasteiger partial charge in [-0.15, -0.1) is 0 Å². The summed E-state index contributed by atoms with van der Waals surface area (Å²) in [5, 5.41) is 22.5. The molecule has 0 aliphatic carbocycles. The van der Waals surface area contributed by atoms with E-state index >= 15 is 0 Å². The number of hydrogen-bond acceptors (Lipinski definition) is 6. The molecule has 0 radical (unpaired) electrons. The lowest BCUT2D eigenvalue weighted by Crippen LogP contribution is -2.34.